The summed E-state index contributed by atoms with van der Waals surface area (Å²) in [5.74, 6) is 0. The largest absolute Gasteiger partial charge is 0.392 e. The van der Waals surface area contributed by atoms with Crippen LogP contribution in [0, 0.1) is 0 Å². The molecule has 0 amide bonds. The SMILES string of the molecule is CC(C)NS(=O)(=O)NCC(N)=S. The summed E-state index contributed by atoms with van der Waals surface area (Å²) in [6.07, 6.45) is 0. The van der Waals surface area contributed by atoms with Crippen LogP contribution in [-0.4, -0.2) is 26.0 Å². The molecule has 0 atom stereocenters. The van der Waals surface area contributed by atoms with Crippen LogP contribution in [0.4, 0.5) is 0 Å². The molecule has 0 fully saturated rings. The Morgan fingerprint density at radius 3 is 2.42 bits per heavy atom. The van der Waals surface area contributed by atoms with Gasteiger partial charge in [0, 0.05) is 6.04 Å². The van der Waals surface area contributed by atoms with Crippen LogP contribution in [0.15, 0.2) is 0 Å². The van der Waals surface area contributed by atoms with Crippen LogP contribution < -0.4 is 15.2 Å². The summed E-state index contributed by atoms with van der Waals surface area (Å²) in [6, 6.07) is -0.145. The smallest absolute Gasteiger partial charge is 0.277 e. The number of rotatable bonds is 5. The Hall–Kier alpha value is -0.240. The molecule has 0 aromatic rings. The molecule has 0 aliphatic carbocycles. The van der Waals surface area contributed by atoms with Crippen molar-refractivity contribution in [2.45, 2.75) is 19.9 Å². The van der Waals surface area contributed by atoms with Gasteiger partial charge in [-0.25, -0.2) is 0 Å². The highest BCUT2D eigenvalue weighted by atomic mass is 32.2. The number of hydrogen-bond acceptors (Lipinski definition) is 3. The second-order valence-corrected chi connectivity index (χ2v) is 4.62. The summed E-state index contributed by atoms with van der Waals surface area (Å²) in [5.41, 5.74) is 5.11. The van der Waals surface area contributed by atoms with Crippen molar-refractivity contribution in [1.82, 2.24) is 9.44 Å². The minimum Gasteiger partial charge on any atom is -0.392 e. The monoisotopic (exact) mass is 211 g/mol. The molecule has 0 radical (unpaired) electrons. The van der Waals surface area contributed by atoms with Gasteiger partial charge in [-0.1, -0.05) is 12.2 Å². The third-order valence-electron chi connectivity index (χ3n) is 0.827. The third kappa shape index (κ3) is 6.47. The highest BCUT2D eigenvalue weighted by molar-refractivity contribution is 7.87. The lowest BCUT2D eigenvalue weighted by Gasteiger charge is -2.09. The molecule has 0 aromatic carbocycles. The molecule has 5 nitrogen and oxygen atoms in total. The minimum absolute atomic E-state index is 0.0165. The first-order chi connectivity index (χ1) is 5.33. The van der Waals surface area contributed by atoms with Crippen LogP contribution in [0.3, 0.4) is 0 Å². The fraction of sp³-hybridized carbons (Fsp3) is 0.800. The molecule has 7 heteroatoms. The highest BCUT2D eigenvalue weighted by Gasteiger charge is 2.09. The van der Waals surface area contributed by atoms with Crippen LogP contribution in [-0.2, 0) is 10.2 Å². The maximum absolute atomic E-state index is 11.0. The number of thiocarbonyl (C=S) groups is 1. The molecular weight excluding hydrogens is 198 g/mol. The number of nitrogens with one attached hydrogen (secondary N) is 2. The van der Waals surface area contributed by atoms with E-state index in [-0.39, 0.29) is 17.6 Å². The van der Waals surface area contributed by atoms with E-state index in [1.807, 2.05) is 0 Å². The van der Waals surface area contributed by atoms with Crippen LogP contribution in [0.5, 0.6) is 0 Å². The first-order valence-electron chi connectivity index (χ1n) is 3.38. The second-order valence-electron chi connectivity index (χ2n) is 2.56. The Morgan fingerprint density at radius 1 is 1.58 bits per heavy atom. The van der Waals surface area contributed by atoms with E-state index in [0.717, 1.165) is 0 Å². The van der Waals surface area contributed by atoms with Crippen LogP contribution in [0.2, 0.25) is 0 Å². The van der Waals surface area contributed by atoms with Gasteiger partial charge in [-0.3, -0.25) is 0 Å². The third-order valence-corrected chi connectivity index (χ3v) is 2.28. The Morgan fingerprint density at radius 2 is 2.08 bits per heavy atom. The van der Waals surface area contributed by atoms with Crippen molar-refractivity contribution in [3.63, 3.8) is 0 Å². The quantitative estimate of drug-likeness (QED) is 0.515. The Kier molecular flexibility index (Phi) is 4.61. The van der Waals surface area contributed by atoms with E-state index in [4.69, 9.17) is 5.73 Å². The topological polar surface area (TPSA) is 84.2 Å². The van der Waals surface area contributed by atoms with Gasteiger partial charge in [0.05, 0.1) is 11.5 Å². The van der Waals surface area contributed by atoms with Gasteiger partial charge in [-0.15, -0.1) is 0 Å². The normalized spacial score (nSPS) is 11.9. The van der Waals surface area contributed by atoms with Gasteiger partial charge in [-0.2, -0.15) is 17.9 Å². The summed E-state index contributed by atoms with van der Waals surface area (Å²) in [6.45, 7) is 3.43. The van der Waals surface area contributed by atoms with E-state index in [9.17, 15) is 8.42 Å². The average Bonchev–Trinajstić information content (AvgIpc) is 1.81. The van der Waals surface area contributed by atoms with Gasteiger partial charge in [-0.05, 0) is 13.8 Å². The van der Waals surface area contributed by atoms with Gasteiger partial charge in [0.2, 0.25) is 0 Å². The van der Waals surface area contributed by atoms with E-state index in [0.29, 0.717) is 0 Å². The maximum Gasteiger partial charge on any atom is 0.277 e. The van der Waals surface area contributed by atoms with Crippen molar-refractivity contribution in [3.05, 3.63) is 0 Å². The molecule has 0 bridgehead atoms. The first-order valence-corrected chi connectivity index (χ1v) is 5.28. The number of hydrogen-bond donors (Lipinski definition) is 3. The molecule has 0 heterocycles. The van der Waals surface area contributed by atoms with Crippen LogP contribution in [0.1, 0.15) is 13.8 Å². The van der Waals surface area contributed by atoms with Crippen LogP contribution in [0.25, 0.3) is 0 Å². The molecule has 0 aliphatic rings. The zero-order valence-corrected chi connectivity index (χ0v) is 8.63. The zero-order chi connectivity index (χ0) is 9.78. The second kappa shape index (κ2) is 4.70. The fourth-order valence-corrected chi connectivity index (χ4v) is 1.73. The summed E-state index contributed by atoms with van der Waals surface area (Å²) in [4.78, 5) is 0.115. The molecule has 0 saturated carbocycles. The van der Waals surface area contributed by atoms with Gasteiger partial charge in [0.25, 0.3) is 10.2 Å². The van der Waals surface area contributed by atoms with Gasteiger partial charge in [0.15, 0.2) is 0 Å². The van der Waals surface area contributed by atoms with E-state index < -0.39 is 10.2 Å². The molecule has 72 valence electrons. The Balaban J connectivity index is 3.98. The summed E-state index contributed by atoms with van der Waals surface area (Å²) < 4.78 is 26.5. The summed E-state index contributed by atoms with van der Waals surface area (Å²) in [5, 5.41) is 0. The zero-order valence-electron chi connectivity index (χ0n) is 6.99. The van der Waals surface area contributed by atoms with Crippen molar-refractivity contribution in [1.29, 1.82) is 0 Å². The highest BCUT2D eigenvalue weighted by Crippen LogP contribution is 1.82. The molecule has 0 aliphatic heterocycles. The van der Waals surface area contributed by atoms with E-state index in [2.05, 4.69) is 21.7 Å². The van der Waals surface area contributed by atoms with Crippen LogP contribution >= 0.6 is 12.2 Å². The van der Waals surface area contributed by atoms with Crippen molar-refractivity contribution < 1.29 is 8.42 Å². The summed E-state index contributed by atoms with van der Waals surface area (Å²) in [7, 11) is -3.44. The van der Waals surface area contributed by atoms with Crippen molar-refractivity contribution in [2.24, 2.45) is 5.73 Å². The molecule has 0 rings (SSSR count). The lowest BCUT2D eigenvalue weighted by Crippen LogP contribution is -2.43. The van der Waals surface area contributed by atoms with Gasteiger partial charge in [0.1, 0.15) is 0 Å². The fourth-order valence-electron chi connectivity index (χ4n) is 0.518. The standard InChI is InChI=1S/C5H13N3O2S2/c1-4(2)8-12(9,10)7-3-5(6)11/h4,7-8H,3H2,1-2H3,(H2,6,11). The lowest BCUT2D eigenvalue weighted by atomic mass is 10.4. The lowest BCUT2D eigenvalue weighted by molar-refractivity contribution is 0.559. The predicted octanol–water partition coefficient (Wildman–Crippen LogP) is -0.895. The average molecular weight is 211 g/mol. The van der Waals surface area contributed by atoms with E-state index in [1.54, 1.807) is 13.8 Å². The first kappa shape index (κ1) is 11.8. The van der Waals surface area contributed by atoms with E-state index >= 15 is 0 Å². The van der Waals surface area contributed by atoms with E-state index in [1.165, 1.54) is 0 Å². The molecule has 0 spiro atoms. The Labute approximate surface area is 77.9 Å². The minimum atomic E-state index is -3.44. The Bertz CT molecular complexity index is 247. The predicted molar refractivity (Wildman–Crippen MR) is 52.0 cm³/mol. The summed E-state index contributed by atoms with van der Waals surface area (Å²) >= 11 is 4.50. The number of nitrogens with two attached hydrogens (primary N) is 1. The molecular formula is C5H13N3O2S2. The molecule has 0 saturated heterocycles. The molecule has 0 unspecified atom stereocenters. The van der Waals surface area contributed by atoms with Gasteiger partial charge >= 0.3 is 0 Å². The molecule has 4 N–H and O–H groups in total. The molecule has 0 aromatic heterocycles. The van der Waals surface area contributed by atoms with Crippen molar-refractivity contribution >= 4 is 27.4 Å². The molecule has 12 heavy (non-hydrogen) atoms. The van der Waals surface area contributed by atoms with Crippen molar-refractivity contribution in [3.8, 4) is 0 Å². The van der Waals surface area contributed by atoms with Gasteiger partial charge < -0.3 is 5.73 Å². The van der Waals surface area contributed by atoms with Crippen molar-refractivity contribution in [2.75, 3.05) is 6.54 Å². The maximum atomic E-state index is 11.0.